The summed E-state index contributed by atoms with van der Waals surface area (Å²) in [5, 5.41) is 1.49. The molecular formula is C31H29F. The van der Waals surface area contributed by atoms with Gasteiger partial charge >= 0.3 is 0 Å². The van der Waals surface area contributed by atoms with E-state index in [4.69, 9.17) is 0 Å². The number of aryl methyl sites for hydroxylation is 2. The third kappa shape index (κ3) is 5.27. The first-order chi connectivity index (χ1) is 15.6. The topological polar surface area (TPSA) is 0 Å². The van der Waals surface area contributed by atoms with Gasteiger partial charge in [-0.3, -0.25) is 0 Å². The summed E-state index contributed by atoms with van der Waals surface area (Å²) in [6.07, 6.45) is 6.18. The first-order valence-electron chi connectivity index (χ1n) is 11.5. The maximum atomic E-state index is 15.1. The SMILES string of the molecule is CCCCCCc1ccc(C#Cc2ccc3cc(-c4ccc(C)cc4)ccc3c2F)cc1. The summed E-state index contributed by atoms with van der Waals surface area (Å²) in [5.41, 5.74) is 6.14. The molecule has 32 heavy (non-hydrogen) atoms. The first-order valence-corrected chi connectivity index (χ1v) is 11.5. The van der Waals surface area contributed by atoms with E-state index in [0.717, 1.165) is 28.5 Å². The highest BCUT2D eigenvalue weighted by atomic mass is 19.1. The molecule has 0 fully saturated rings. The van der Waals surface area contributed by atoms with Gasteiger partial charge in [0.2, 0.25) is 0 Å². The molecule has 0 spiro atoms. The second-order valence-corrected chi connectivity index (χ2v) is 8.49. The lowest BCUT2D eigenvalue weighted by Crippen LogP contribution is -1.88. The molecule has 0 aromatic heterocycles. The minimum absolute atomic E-state index is 0.252. The van der Waals surface area contributed by atoms with Crippen LogP contribution < -0.4 is 0 Å². The summed E-state index contributed by atoms with van der Waals surface area (Å²) in [4.78, 5) is 0. The predicted octanol–water partition coefficient (Wildman–Crippen LogP) is 8.48. The van der Waals surface area contributed by atoms with Gasteiger partial charge in [0.05, 0.1) is 5.56 Å². The van der Waals surface area contributed by atoms with Crippen LogP contribution in [0.5, 0.6) is 0 Å². The van der Waals surface area contributed by atoms with E-state index in [2.05, 4.69) is 62.1 Å². The van der Waals surface area contributed by atoms with Crippen molar-refractivity contribution in [2.75, 3.05) is 0 Å². The van der Waals surface area contributed by atoms with Gasteiger partial charge in [-0.15, -0.1) is 0 Å². The Balaban J connectivity index is 1.52. The summed E-state index contributed by atoms with van der Waals surface area (Å²) in [6.45, 7) is 4.31. The summed E-state index contributed by atoms with van der Waals surface area (Å²) < 4.78 is 15.1. The fourth-order valence-electron chi connectivity index (χ4n) is 3.96. The number of rotatable bonds is 6. The van der Waals surface area contributed by atoms with E-state index < -0.39 is 0 Å². The lowest BCUT2D eigenvalue weighted by atomic mass is 9.99. The average molecular weight is 421 g/mol. The smallest absolute Gasteiger partial charge is 0.146 e. The van der Waals surface area contributed by atoms with Crippen LogP contribution in [0.15, 0.2) is 78.9 Å². The molecule has 0 atom stereocenters. The molecule has 0 saturated carbocycles. The van der Waals surface area contributed by atoms with Crippen molar-refractivity contribution in [2.45, 2.75) is 46.0 Å². The Morgan fingerprint density at radius 3 is 2.22 bits per heavy atom. The molecule has 0 aliphatic carbocycles. The van der Waals surface area contributed by atoms with E-state index in [1.807, 2.05) is 36.4 Å². The second kappa shape index (κ2) is 10.3. The van der Waals surface area contributed by atoms with E-state index in [0.29, 0.717) is 10.9 Å². The zero-order valence-corrected chi connectivity index (χ0v) is 18.9. The van der Waals surface area contributed by atoms with Crippen LogP contribution in [0, 0.1) is 24.6 Å². The predicted molar refractivity (Wildman–Crippen MR) is 134 cm³/mol. The van der Waals surface area contributed by atoms with E-state index in [9.17, 15) is 0 Å². The molecule has 4 rings (SSSR count). The lowest BCUT2D eigenvalue weighted by molar-refractivity contribution is 0.636. The Labute approximate surface area is 191 Å². The van der Waals surface area contributed by atoms with Crippen LogP contribution in [0.3, 0.4) is 0 Å². The molecule has 0 radical (unpaired) electrons. The van der Waals surface area contributed by atoms with Crippen LogP contribution in [0.2, 0.25) is 0 Å². The summed E-state index contributed by atoms with van der Waals surface area (Å²) in [7, 11) is 0. The Kier molecular flexibility index (Phi) is 7.03. The Morgan fingerprint density at radius 1 is 0.719 bits per heavy atom. The van der Waals surface area contributed by atoms with Crippen molar-refractivity contribution >= 4 is 10.8 Å². The van der Waals surface area contributed by atoms with Gasteiger partial charge < -0.3 is 0 Å². The van der Waals surface area contributed by atoms with Gasteiger partial charge in [-0.1, -0.05) is 98.2 Å². The van der Waals surface area contributed by atoms with Gasteiger partial charge in [-0.25, -0.2) is 4.39 Å². The van der Waals surface area contributed by atoms with Crippen molar-refractivity contribution in [3.63, 3.8) is 0 Å². The zero-order valence-electron chi connectivity index (χ0n) is 18.9. The second-order valence-electron chi connectivity index (χ2n) is 8.49. The average Bonchev–Trinajstić information content (AvgIpc) is 2.82. The summed E-state index contributed by atoms with van der Waals surface area (Å²) in [6, 6.07) is 26.4. The standard InChI is InChI=1S/C31H29F/c1-3-4-5-6-7-24-10-12-25(13-11-24)14-17-27-18-19-29-22-28(20-21-30(29)31(27)32)26-15-8-23(2)9-16-26/h8-13,15-16,18-22H,3-7H2,1-2H3. The van der Waals surface area contributed by atoms with Gasteiger partial charge in [0.15, 0.2) is 0 Å². The van der Waals surface area contributed by atoms with Gasteiger partial charge in [0, 0.05) is 10.9 Å². The van der Waals surface area contributed by atoms with Crippen molar-refractivity contribution in [1.29, 1.82) is 0 Å². The fraction of sp³-hybridized carbons (Fsp3) is 0.226. The Morgan fingerprint density at radius 2 is 1.47 bits per heavy atom. The largest absolute Gasteiger partial charge is 0.205 e. The Bertz CT molecular complexity index is 1250. The van der Waals surface area contributed by atoms with E-state index in [1.165, 1.54) is 36.8 Å². The third-order valence-electron chi connectivity index (χ3n) is 5.95. The normalized spacial score (nSPS) is 10.7. The van der Waals surface area contributed by atoms with Crippen LogP contribution >= 0.6 is 0 Å². The molecule has 0 amide bonds. The van der Waals surface area contributed by atoms with Gasteiger partial charge in [0.25, 0.3) is 0 Å². The van der Waals surface area contributed by atoms with Crippen molar-refractivity contribution in [1.82, 2.24) is 0 Å². The highest BCUT2D eigenvalue weighted by molar-refractivity contribution is 5.89. The van der Waals surface area contributed by atoms with Crippen LogP contribution in [0.1, 0.15) is 54.9 Å². The molecule has 4 aromatic rings. The molecule has 0 aliphatic rings. The van der Waals surface area contributed by atoms with Crippen molar-refractivity contribution in [2.24, 2.45) is 0 Å². The summed E-state index contributed by atoms with van der Waals surface area (Å²) >= 11 is 0. The molecule has 0 N–H and O–H groups in total. The van der Waals surface area contributed by atoms with Crippen LogP contribution in [0.25, 0.3) is 21.9 Å². The maximum absolute atomic E-state index is 15.1. The number of benzene rings is 4. The first kappa shape index (κ1) is 21.8. The van der Waals surface area contributed by atoms with Gasteiger partial charge in [0.1, 0.15) is 5.82 Å². The number of halogens is 1. The zero-order chi connectivity index (χ0) is 22.3. The number of hydrogen-bond acceptors (Lipinski definition) is 0. The van der Waals surface area contributed by atoms with Crippen molar-refractivity contribution < 1.29 is 4.39 Å². The van der Waals surface area contributed by atoms with Gasteiger partial charge in [-0.05, 0) is 66.1 Å². The summed E-state index contributed by atoms with van der Waals surface area (Å²) in [5.74, 6) is 5.90. The third-order valence-corrected chi connectivity index (χ3v) is 5.95. The molecular weight excluding hydrogens is 391 g/mol. The number of hydrogen-bond donors (Lipinski definition) is 0. The minimum Gasteiger partial charge on any atom is -0.205 e. The molecule has 0 heterocycles. The molecule has 1 heteroatoms. The molecule has 4 aromatic carbocycles. The number of fused-ring (bicyclic) bond motifs is 1. The van der Waals surface area contributed by atoms with E-state index in [-0.39, 0.29) is 5.82 Å². The lowest BCUT2D eigenvalue weighted by Gasteiger charge is -2.07. The molecule has 0 bridgehead atoms. The molecule has 0 saturated heterocycles. The minimum atomic E-state index is -0.252. The van der Waals surface area contributed by atoms with Crippen LogP contribution in [0.4, 0.5) is 4.39 Å². The monoisotopic (exact) mass is 420 g/mol. The van der Waals surface area contributed by atoms with Crippen LogP contribution in [-0.4, -0.2) is 0 Å². The molecule has 0 unspecified atom stereocenters. The maximum Gasteiger partial charge on any atom is 0.146 e. The highest BCUT2D eigenvalue weighted by Crippen LogP contribution is 2.27. The fourth-order valence-corrected chi connectivity index (χ4v) is 3.96. The Hall–Kier alpha value is -3.37. The molecule has 0 aliphatic heterocycles. The molecule has 160 valence electrons. The number of unbranched alkanes of at least 4 members (excludes halogenated alkanes) is 3. The highest BCUT2D eigenvalue weighted by Gasteiger charge is 2.07. The molecule has 0 nitrogen and oxygen atoms in total. The van der Waals surface area contributed by atoms with E-state index in [1.54, 1.807) is 6.07 Å². The van der Waals surface area contributed by atoms with Crippen LogP contribution in [-0.2, 0) is 6.42 Å². The van der Waals surface area contributed by atoms with Crippen molar-refractivity contribution in [3.05, 3.63) is 107 Å². The van der Waals surface area contributed by atoms with Crippen molar-refractivity contribution in [3.8, 4) is 23.0 Å². The van der Waals surface area contributed by atoms with E-state index >= 15 is 4.39 Å². The quantitative estimate of drug-likeness (QED) is 0.217. The van der Waals surface area contributed by atoms with Gasteiger partial charge in [-0.2, -0.15) is 0 Å².